The number of likely N-dealkylation sites (tertiary alicyclic amines) is 1. The van der Waals surface area contributed by atoms with E-state index in [1.54, 1.807) is 12.1 Å². The van der Waals surface area contributed by atoms with Crippen molar-refractivity contribution in [2.75, 3.05) is 13.1 Å². The number of hydrogen-bond donors (Lipinski definition) is 7. The van der Waals surface area contributed by atoms with Crippen molar-refractivity contribution < 1.29 is 29.4 Å². The summed E-state index contributed by atoms with van der Waals surface area (Å²) in [5.41, 5.74) is 17.6. The average molecular weight is 548 g/mol. The van der Waals surface area contributed by atoms with Crippen molar-refractivity contribution in [1.29, 1.82) is 0 Å². The smallest absolute Gasteiger partial charge is 0.326 e. The number of hydrogen-bond acceptors (Lipinski definition) is 7. The number of guanidine groups is 1. The van der Waals surface area contributed by atoms with Gasteiger partial charge in [-0.15, -0.1) is 0 Å². The number of aromatic hydroxyl groups is 1. The zero-order valence-corrected chi connectivity index (χ0v) is 22.5. The Morgan fingerprint density at radius 3 is 2.31 bits per heavy atom. The number of carboxylic acid groups (broad SMARTS) is 1. The van der Waals surface area contributed by atoms with Crippen LogP contribution in [0.5, 0.6) is 5.75 Å². The molecule has 1 aromatic carbocycles. The molecule has 13 heteroatoms. The van der Waals surface area contributed by atoms with Gasteiger partial charge < -0.3 is 42.9 Å². The highest BCUT2D eigenvalue weighted by Gasteiger charge is 2.38. The molecule has 1 saturated heterocycles. The third-order valence-corrected chi connectivity index (χ3v) is 6.45. The van der Waals surface area contributed by atoms with Crippen molar-refractivity contribution in [3.05, 3.63) is 29.8 Å². The van der Waals surface area contributed by atoms with E-state index in [0.717, 1.165) is 5.56 Å². The lowest BCUT2D eigenvalue weighted by molar-refractivity contribution is -0.149. The number of phenols is 1. The van der Waals surface area contributed by atoms with Crippen LogP contribution >= 0.6 is 0 Å². The number of aliphatic carboxylic acids is 1. The molecule has 0 saturated carbocycles. The van der Waals surface area contributed by atoms with Crippen LogP contribution in [0.1, 0.15) is 51.5 Å². The largest absolute Gasteiger partial charge is 0.508 e. The van der Waals surface area contributed by atoms with Gasteiger partial charge in [0.05, 0.1) is 6.04 Å². The summed E-state index contributed by atoms with van der Waals surface area (Å²) >= 11 is 0. The quantitative estimate of drug-likeness (QED) is 0.0895. The molecule has 1 aliphatic rings. The number of nitrogens with one attached hydrogen (secondary N) is 2. The van der Waals surface area contributed by atoms with Gasteiger partial charge in [0, 0.05) is 13.1 Å². The van der Waals surface area contributed by atoms with Gasteiger partial charge in [-0.2, -0.15) is 0 Å². The van der Waals surface area contributed by atoms with E-state index in [2.05, 4.69) is 15.6 Å². The molecule has 0 radical (unpaired) electrons. The third kappa shape index (κ3) is 10.1. The summed E-state index contributed by atoms with van der Waals surface area (Å²) in [5.74, 6) is -2.69. The van der Waals surface area contributed by atoms with E-state index in [4.69, 9.17) is 17.2 Å². The summed E-state index contributed by atoms with van der Waals surface area (Å²) in [5, 5.41) is 24.4. The monoisotopic (exact) mass is 547 g/mol. The number of carboxylic acids is 1. The van der Waals surface area contributed by atoms with Crippen LogP contribution in [0, 0.1) is 5.92 Å². The molecule has 1 fully saturated rings. The minimum atomic E-state index is -1.10. The van der Waals surface area contributed by atoms with Gasteiger partial charge in [-0.05, 0) is 62.1 Å². The van der Waals surface area contributed by atoms with Crippen LogP contribution in [-0.2, 0) is 25.6 Å². The summed E-state index contributed by atoms with van der Waals surface area (Å²) in [6.45, 7) is 4.28. The Labute approximate surface area is 228 Å². The van der Waals surface area contributed by atoms with Crippen LogP contribution in [0.2, 0.25) is 0 Å². The Morgan fingerprint density at radius 2 is 1.72 bits per heavy atom. The van der Waals surface area contributed by atoms with E-state index < -0.39 is 47.9 Å². The van der Waals surface area contributed by atoms with Crippen LogP contribution in [0.3, 0.4) is 0 Å². The summed E-state index contributed by atoms with van der Waals surface area (Å²) in [6, 6.07) is 2.40. The van der Waals surface area contributed by atoms with Crippen LogP contribution in [-0.4, -0.2) is 82.0 Å². The number of nitrogens with zero attached hydrogens (tertiary/aromatic N) is 2. The molecule has 1 aliphatic heterocycles. The first-order valence-corrected chi connectivity index (χ1v) is 13.1. The zero-order chi connectivity index (χ0) is 29.1. The average Bonchev–Trinajstić information content (AvgIpc) is 3.36. The minimum absolute atomic E-state index is 0.0281. The number of amides is 3. The zero-order valence-electron chi connectivity index (χ0n) is 22.5. The van der Waals surface area contributed by atoms with Crippen molar-refractivity contribution in [2.45, 2.75) is 76.5 Å². The van der Waals surface area contributed by atoms with E-state index in [9.17, 15) is 29.4 Å². The highest BCUT2D eigenvalue weighted by atomic mass is 16.4. The molecule has 0 aliphatic carbocycles. The number of rotatable bonds is 14. The maximum atomic E-state index is 13.4. The SMILES string of the molecule is CC(C)CC(NC(=O)C(N)Cc1ccc(O)cc1)C(=O)NC(CCCN=C(N)N)C(=O)N1CCCC1C(=O)O. The van der Waals surface area contributed by atoms with Crippen molar-refractivity contribution in [3.8, 4) is 5.75 Å². The van der Waals surface area contributed by atoms with Crippen molar-refractivity contribution in [2.24, 2.45) is 28.1 Å². The number of carbonyl (C=O) groups excluding carboxylic acids is 3. The first-order chi connectivity index (χ1) is 18.4. The number of carbonyl (C=O) groups is 4. The van der Waals surface area contributed by atoms with Gasteiger partial charge in [0.25, 0.3) is 0 Å². The van der Waals surface area contributed by atoms with E-state index in [1.807, 2.05) is 13.8 Å². The predicted octanol–water partition coefficient (Wildman–Crippen LogP) is -0.593. The lowest BCUT2D eigenvalue weighted by Crippen LogP contribution is -2.57. The van der Waals surface area contributed by atoms with Crippen molar-refractivity contribution in [1.82, 2.24) is 15.5 Å². The van der Waals surface area contributed by atoms with Crippen LogP contribution < -0.4 is 27.8 Å². The summed E-state index contributed by atoms with van der Waals surface area (Å²) in [4.78, 5) is 56.5. The van der Waals surface area contributed by atoms with Gasteiger partial charge in [0.2, 0.25) is 17.7 Å². The van der Waals surface area contributed by atoms with Crippen molar-refractivity contribution in [3.63, 3.8) is 0 Å². The molecule has 39 heavy (non-hydrogen) atoms. The molecule has 10 N–H and O–H groups in total. The summed E-state index contributed by atoms with van der Waals surface area (Å²) in [6.07, 6.45) is 1.90. The lowest BCUT2D eigenvalue weighted by Gasteiger charge is -2.29. The Hall–Kier alpha value is -3.87. The molecule has 3 amide bonds. The highest BCUT2D eigenvalue weighted by molar-refractivity contribution is 5.94. The second kappa shape index (κ2) is 14.9. The van der Waals surface area contributed by atoms with Crippen LogP contribution in [0.4, 0.5) is 0 Å². The van der Waals surface area contributed by atoms with Crippen LogP contribution in [0.25, 0.3) is 0 Å². The molecule has 0 spiro atoms. The van der Waals surface area contributed by atoms with Gasteiger partial charge in [-0.3, -0.25) is 19.4 Å². The van der Waals surface area contributed by atoms with Gasteiger partial charge in [-0.1, -0.05) is 26.0 Å². The van der Waals surface area contributed by atoms with E-state index in [0.29, 0.717) is 25.7 Å². The minimum Gasteiger partial charge on any atom is -0.508 e. The molecule has 4 atom stereocenters. The Balaban J connectivity index is 2.15. The maximum absolute atomic E-state index is 13.4. The molecule has 0 bridgehead atoms. The Kier molecular flexibility index (Phi) is 12.0. The molecule has 1 aromatic rings. The fourth-order valence-corrected chi connectivity index (χ4v) is 4.48. The van der Waals surface area contributed by atoms with Gasteiger partial charge in [-0.25, -0.2) is 4.79 Å². The summed E-state index contributed by atoms with van der Waals surface area (Å²) in [7, 11) is 0. The first kappa shape index (κ1) is 31.3. The highest BCUT2D eigenvalue weighted by Crippen LogP contribution is 2.20. The van der Waals surface area contributed by atoms with E-state index in [-0.39, 0.29) is 43.6 Å². The first-order valence-electron chi connectivity index (χ1n) is 13.1. The molecular weight excluding hydrogens is 506 g/mol. The normalized spacial score (nSPS) is 17.2. The van der Waals surface area contributed by atoms with Gasteiger partial charge in [0.15, 0.2) is 5.96 Å². The number of benzene rings is 1. The summed E-state index contributed by atoms with van der Waals surface area (Å²) < 4.78 is 0. The fourth-order valence-electron chi connectivity index (χ4n) is 4.48. The molecule has 0 aromatic heterocycles. The molecule has 13 nitrogen and oxygen atoms in total. The fraction of sp³-hybridized carbons (Fsp3) is 0.577. The second-order valence-corrected chi connectivity index (χ2v) is 10.2. The molecule has 4 unspecified atom stereocenters. The molecule has 1 heterocycles. The van der Waals surface area contributed by atoms with Gasteiger partial charge >= 0.3 is 5.97 Å². The predicted molar refractivity (Wildman–Crippen MR) is 145 cm³/mol. The molecule has 216 valence electrons. The third-order valence-electron chi connectivity index (χ3n) is 6.45. The number of aliphatic imine (C=N–C) groups is 1. The molecular formula is C26H41N7O6. The maximum Gasteiger partial charge on any atom is 0.326 e. The standard InChI is InChI=1S/C26H41N7O6/c1-15(2)13-20(32-22(35)18(27)14-16-7-9-17(34)10-8-16)23(36)31-19(5-3-11-30-26(28)29)24(37)33-12-4-6-21(33)25(38)39/h7-10,15,18-21,34H,3-6,11-14,27H2,1-2H3,(H,31,36)(H,32,35)(H,38,39)(H4,28,29,30). The topological polar surface area (TPSA) is 226 Å². The Morgan fingerprint density at radius 1 is 1.08 bits per heavy atom. The number of nitrogens with two attached hydrogens (primary N) is 3. The lowest BCUT2D eigenvalue weighted by atomic mass is 10.0. The van der Waals surface area contributed by atoms with Gasteiger partial charge in [0.1, 0.15) is 23.9 Å². The van der Waals surface area contributed by atoms with Crippen molar-refractivity contribution >= 4 is 29.7 Å². The number of phenolic OH excluding ortho intramolecular Hbond substituents is 1. The second-order valence-electron chi connectivity index (χ2n) is 10.2. The molecule has 2 rings (SSSR count). The van der Waals surface area contributed by atoms with E-state index >= 15 is 0 Å². The van der Waals surface area contributed by atoms with E-state index in [1.165, 1.54) is 17.0 Å². The Bertz CT molecular complexity index is 1030. The van der Waals surface area contributed by atoms with Crippen LogP contribution in [0.15, 0.2) is 29.3 Å².